The van der Waals surface area contributed by atoms with Gasteiger partial charge in [-0.3, -0.25) is 0 Å². The van der Waals surface area contributed by atoms with Crippen molar-refractivity contribution in [1.29, 1.82) is 0 Å². The molecule has 1 atom stereocenters. The molecule has 0 saturated carbocycles. The highest BCUT2D eigenvalue weighted by Gasteiger charge is 2.23. The molecule has 0 fully saturated rings. The molecule has 0 radical (unpaired) electrons. The van der Waals surface area contributed by atoms with Crippen LogP contribution >= 0.6 is 0 Å². The first-order valence-corrected chi connectivity index (χ1v) is 9.70. The molecule has 6 heteroatoms. The molecule has 1 aliphatic heterocycles. The fourth-order valence-corrected chi connectivity index (χ4v) is 3.79. The van der Waals surface area contributed by atoms with E-state index in [4.69, 9.17) is 4.74 Å². The van der Waals surface area contributed by atoms with Crippen molar-refractivity contribution in [2.45, 2.75) is 25.8 Å². The predicted octanol–water partition coefficient (Wildman–Crippen LogP) is 3.51. The van der Waals surface area contributed by atoms with E-state index in [2.05, 4.69) is 58.5 Å². The van der Waals surface area contributed by atoms with E-state index in [-0.39, 0.29) is 5.97 Å². The number of rotatable bonds is 7. The van der Waals surface area contributed by atoms with Gasteiger partial charge in [0.25, 0.3) is 0 Å². The lowest BCUT2D eigenvalue weighted by molar-refractivity contribution is 0.0521. The van der Waals surface area contributed by atoms with Crippen molar-refractivity contribution >= 4 is 17.3 Å². The molecule has 3 rings (SSSR count). The summed E-state index contributed by atoms with van der Waals surface area (Å²) in [6.45, 7) is 4.86. The number of esters is 1. The number of hydrogen-bond donors (Lipinski definition) is 2. The Morgan fingerprint density at radius 2 is 2.15 bits per heavy atom. The first-order valence-electron chi connectivity index (χ1n) is 9.70. The van der Waals surface area contributed by atoms with Crippen LogP contribution in [0.25, 0.3) is 0 Å². The maximum Gasteiger partial charge on any atom is 0.356 e. The normalized spacial score (nSPS) is 16.7. The molecule has 2 N–H and O–H groups in total. The average Bonchev–Trinajstić information content (AvgIpc) is 3.04. The molecule has 0 spiro atoms. The van der Waals surface area contributed by atoms with E-state index in [0.29, 0.717) is 18.3 Å². The lowest BCUT2D eigenvalue weighted by Crippen LogP contribution is -2.30. The van der Waals surface area contributed by atoms with Gasteiger partial charge < -0.3 is 24.8 Å². The van der Waals surface area contributed by atoms with Crippen molar-refractivity contribution < 1.29 is 9.53 Å². The van der Waals surface area contributed by atoms with Gasteiger partial charge in [-0.2, -0.15) is 0 Å². The maximum atomic E-state index is 12.0. The molecule has 27 heavy (non-hydrogen) atoms. The average molecular weight is 370 g/mol. The molecule has 1 aliphatic rings. The van der Waals surface area contributed by atoms with E-state index in [1.807, 2.05) is 13.0 Å². The van der Waals surface area contributed by atoms with Crippen molar-refractivity contribution in [3.8, 4) is 0 Å². The number of carbonyl (C=O) groups excluding carboxylic acids is 1. The first-order chi connectivity index (χ1) is 13.1. The number of nitrogens with zero attached hydrogens (tertiary/aromatic N) is 2. The molecule has 2 aromatic rings. The zero-order valence-electron chi connectivity index (χ0n) is 16.5. The Morgan fingerprint density at radius 1 is 1.33 bits per heavy atom. The molecule has 0 saturated heterocycles. The number of anilines is 2. The highest BCUT2D eigenvalue weighted by atomic mass is 16.5. The van der Waals surface area contributed by atoms with Crippen LogP contribution in [-0.2, 0) is 4.74 Å². The van der Waals surface area contributed by atoms with Gasteiger partial charge in [0, 0.05) is 37.6 Å². The third-order valence-electron chi connectivity index (χ3n) is 5.09. The number of aromatic nitrogens is 1. The number of nitrogens with one attached hydrogen (secondary N) is 2. The summed E-state index contributed by atoms with van der Waals surface area (Å²) in [6, 6.07) is 11.0. The molecule has 0 bridgehead atoms. The lowest BCUT2D eigenvalue weighted by Gasteiger charge is -2.28. The third-order valence-corrected chi connectivity index (χ3v) is 5.09. The van der Waals surface area contributed by atoms with Gasteiger partial charge in [0.15, 0.2) is 0 Å². The van der Waals surface area contributed by atoms with Crippen molar-refractivity contribution in [3.05, 3.63) is 47.8 Å². The third kappa shape index (κ3) is 4.45. The Labute approximate surface area is 161 Å². The number of ether oxygens (including phenoxy) is 1. The largest absolute Gasteiger partial charge is 0.461 e. The van der Waals surface area contributed by atoms with Crippen LogP contribution in [-0.4, -0.2) is 56.2 Å². The van der Waals surface area contributed by atoms with Crippen LogP contribution < -0.4 is 10.2 Å². The zero-order valence-corrected chi connectivity index (χ0v) is 16.5. The summed E-state index contributed by atoms with van der Waals surface area (Å²) in [5.41, 5.74) is 3.99. The van der Waals surface area contributed by atoms with Crippen LogP contribution in [0, 0.1) is 0 Å². The summed E-state index contributed by atoms with van der Waals surface area (Å²) >= 11 is 0. The Morgan fingerprint density at radius 3 is 2.93 bits per heavy atom. The van der Waals surface area contributed by atoms with Crippen LogP contribution in [0.1, 0.15) is 41.9 Å². The second-order valence-corrected chi connectivity index (χ2v) is 7.08. The molecule has 146 valence electrons. The highest BCUT2D eigenvalue weighted by Crippen LogP contribution is 2.35. The number of H-pyrrole nitrogens is 1. The number of hydrogen-bond acceptors (Lipinski definition) is 5. The Balaban J connectivity index is 1.67. The van der Waals surface area contributed by atoms with Crippen LogP contribution in [0.15, 0.2) is 36.5 Å². The Hall–Kier alpha value is -2.47. The van der Waals surface area contributed by atoms with Gasteiger partial charge in [0.05, 0.1) is 12.3 Å². The van der Waals surface area contributed by atoms with Gasteiger partial charge in [0.1, 0.15) is 5.69 Å². The molecule has 1 aromatic heterocycles. The van der Waals surface area contributed by atoms with Gasteiger partial charge >= 0.3 is 5.97 Å². The Bertz CT molecular complexity index is 756. The maximum absolute atomic E-state index is 12.0. The number of fused-ring (bicyclic) bond motifs is 1. The minimum Gasteiger partial charge on any atom is -0.461 e. The number of para-hydroxylation sites is 1. The molecular weight excluding hydrogens is 340 g/mol. The molecule has 1 unspecified atom stereocenters. The number of aromatic amines is 1. The van der Waals surface area contributed by atoms with E-state index >= 15 is 0 Å². The fraction of sp³-hybridized carbons (Fsp3) is 0.476. The van der Waals surface area contributed by atoms with E-state index in [1.54, 1.807) is 6.20 Å². The molecule has 0 amide bonds. The Kier molecular flexibility index (Phi) is 6.40. The lowest BCUT2D eigenvalue weighted by atomic mass is 10.0. The molecule has 0 aliphatic carbocycles. The molecule has 6 nitrogen and oxygen atoms in total. The van der Waals surface area contributed by atoms with Crippen molar-refractivity contribution in [2.75, 3.05) is 50.6 Å². The number of benzene rings is 1. The molecule has 2 heterocycles. The van der Waals surface area contributed by atoms with Crippen LogP contribution in [0.2, 0.25) is 0 Å². The molecule has 1 aromatic carbocycles. The minimum atomic E-state index is -0.320. The quantitative estimate of drug-likeness (QED) is 0.731. The van der Waals surface area contributed by atoms with E-state index in [0.717, 1.165) is 31.7 Å². The fourth-order valence-electron chi connectivity index (χ4n) is 3.79. The molecular formula is C21H30N4O2. The van der Waals surface area contributed by atoms with Crippen molar-refractivity contribution in [2.24, 2.45) is 0 Å². The van der Waals surface area contributed by atoms with E-state index in [1.165, 1.54) is 17.7 Å². The van der Waals surface area contributed by atoms with Gasteiger partial charge in [-0.05, 0) is 51.6 Å². The predicted molar refractivity (Wildman–Crippen MR) is 110 cm³/mol. The van der Waals surface area contributed by atoms with Crippen LogP contribution in [0.3, 0.4) is 0 Å². The monoisotopic (exact) mass is 370 g/mol. The topological polar surface area (TPSA) is 60.6 Å². The summed E-state index contributed by atoms with van der Waals surface area (Å²) in [7, 11) is 4.31. The zero-order chi connectivity index (χ0) is 19.2. The van der Waals surface area contributed by atoms with Gasteiger partial charge in [-0.1, -0.05) is 18.2 Å². The van der Waals surface area contributed by atoms with Gasteiger partial charge in [-0.15, -0.1) is 0 Å². The first kappa shape index (κ1) is 19.3. The summed E-state index contributed by atoms with van der Waals surface area (Å²) in [6.07, 6.45) is 4.09. The highest BCUT2D eigenvalue weighted by molar-refractivity contribution is 5.93. The van der Waals surface area contributed by atoms with Crippen LogP contribution in [0.5, 0.6) is 0 Å². The SMILES string of the molecule is CCOC(=O)c1[nH]ccc1NCCN1CCCC(N(C)C)c2ccccc21. The van der Waals surface area contributed by atoms with Gasteiger partial charge in [-0.25, -0.2) is 4.79 Å². The standard InChI is InChI=1S/C21H30N4O2/c1-4-27-21(26)20-17(11-12-23-20)22-13-15-25-14-7-10-18(24(2)3)16-8-5-6-9-19(16)25/h5-6,8-9,11-12,18,22-23H,4,7,10,13-15H2,1-3H3. The van der Waals surface area contributed by atoms with Crippen LogP contribution in [0.4, 0.5) is 11.4 Å². The summed E-state index contributed by atoms with van der Waals surface area (Å²) in [4.78, 5) is 19.7. The second kappa shape index (κ2) is 8.95. The van der Waals surface area contributed by atoms with Crippen molar-refractivity contribution in [3.63, 3.8) is 0 Å². The summed E-state index contributed by atoms with van der Waals surface area (Å²) in [5.74, 6) is -0.320. The van der Waals surface area contributed by atoms with Crippen molar-refractivity contribution in [1.82, 2.24) is 9.88 Å². The van der Waals surface area contributed by atoms with Gasteiger partial charge in [0.2, 0.25) is 0 Å². The minimum absolute atomic E-state index is 0.320. The second-order valence-electron chi connectivity index (χ2n) is 7.08. The number of carbonyl (C=O) groups is 1. The van der Waals surface area contributed by atoms with E-state index in [9.17, 15) is 4.79 Å². The summed E-state index contributed by atoms with van der Waals surface area (Å²) < 4.78 is 5.10. The smallest absolute Gasteiger partial charge is 0.356 e. The van der Waals surface area contributed by atoms with E-state index < -0.39 is 0 Å². The summed E-state index contributed by atoms with van der Waals surface area (Å²) in [5, 5.41) is 3.38.